The van der Waals surface area contributed by atoms with Crippen LogP contribution in [0.5, 0.6) is 5.75 Å². The van der Waals surface area contributed by atoms with Crippen molar-refractivity contribution in [3.8, 4) is 5.75 Å². The summed E-state index contributed by atoms with van der Waals surface area (Å²) in [5.41, 5.74) is -0.773. The molecule has 0 spiro atoms. The van der Waals surface area contributed by atoms with Crippen molar-refractivity contribution < 1.29 is 26.7 Å². The van der Waals surface area contributed by atoms with Crippen molar-refractivity contribution in [3.05, 3.63) is 41.0 Å². The van der Waals surface area contributed by atoms with Gasteiger partial charge in [-0.2, -0.15) is 0 Å². The Morgan fingerprint density at radius 3 is 2.27 bits per heavy atom. The van der Waals surface area contributed by atoms with Gasteiger partial charge < -0.3 is 0 Å². The Hall–Kier alpha value is -1.29. The molecule has 0 atom stereocenters. The SMILES string of the molecule is [CH3][Sn]([CH3])([CH3])[c]1ccc(C(F)(F)F)nc1Nc1ccc(OC(F)F)cc1Cl. The number of hydrogen-bond donors (Lipinski definition) is 1. The molecule has 142 valence electrons. The Morgan fingerprint density at radius 2 is 1.77 bits per heavy atom. The minimum absolute atomic E-state index is 0.0254. The predicted molar refractivity (Wildman–Crippen MR) is 93.6 cm³/mol. The molecule has 0 amide bonds. The van der Waals surface area contributed by atoms with E-state index in [1.165, 1.54) is 18.2 Å². The van der Waals surface area contributed by atoms with Crippen molar-refractivity contribution >= 4 is 45.1 Å². The van der Waals surface area contributed by atoms with E-state index in [1.54, 1.807) is 0 Å². The van der Waals surface area contributed by atoms with Crippen LogP contribution in [0.1, 0.15) is 5.69 Å². The summed E-state index contributed by atoms with van der Waals surface area (Å²) in [4.78, 5) is 9.82. The molecule has 1 heterocycles. The van der Waals surface area contributed by atoms with Gasteiger partial charge in [0.05, 0.1) is 0 Å². The molecular weight excluding hydrogens is 485 g/mol. The maximum atomic E-state index is 13.0. The summed E-state index contributed by atoms with van der Waals surface area (Å²) >= 11 is 3.23. The summed E-state index contributed by atoms with van der Waals surface area (Å²) < 4.78 is 68.5. The number of aromatic nitrogens is 1. The first-order valence-electron chi connectivity index (χ1n) is 7.48. The predicted octanol–water partition coefficient (Wildman–Crippen LogP) is 5.64. The average Bonchev–Trinajstić information content (AvgIpc) is 2.47. The molecule has 0 saturated heterocycles. The quantitative estimate of drug-likeness (QED) is 0.425. The Labute approximate surface area is 156 Å². The fourth-order valence-corrected chi connectivity index (χ4v) is 6.47. The number of pyridine rings is 1. The molecule has 10 heteroatoms. The van der Waals surface area contributed by atoms with Gasteiger partial charge >= 0.3 is 156 Å². The molecule has 0 unspecified atom stereocenters. The van der Waals surface area contributed by atoms with Gasteiger partial charge in [0.2, 0.25) is 0 Å². The molecule has 0 fully saturated rings. The van der Waals surface area contributed by atoms with Crippen LogP contribution in [0.4, 0.5) is 33.5 Å². The van der Waals surface area contributed by atoms with Gasteiger partial charge in [0.1, 0.15) is 0 Å². The molecule has 3 nitrogen and oxygen atoms in total. The van der Waals surface area contributed by atoms with Crippen LogP contribution in [0, 0.1) is 0 Å². The molecule has 26 heavy (non-hydrogen) atoms. The van der Waals surface area contributed by atoms with Gasteiger partial charge in [0.15, 0.2) is 0 Å². The number of nitrogens with zero attached hydrogens (tertiary/aromatic N) is 1. The monoisotopic (exact) mass is 502 g/mol. The van der Waals surface area contributed by atoms with Gasteiger partial charge in [-0.1, -0.05) is 0 Å². The molecule has 1 aromatic carbocycles. The summed E-state index contributed by atoms with van der Waals surface area (Å²) in [5, 5.41) is 2.83. The summed E-state index contributed by atoms with van der Waals surface area (Å²) in [6, 6.07) is 6.15. The number of ether oxygens (including phenoxy) is 1. The van der Waals surface area contributed by atoms with E-state index in [-0.39, 0.29) is 22.3 Å². The first-order valence-corrected chi connectivity index (χ1v) is 17.8. The summed E-state index contributed by atoms with van der Waals surface area (Å²) in [7, 11) is 0. The van der Waals surface area contributed by atoms with Crippen LogP contribution >= 0.6 is 11.6 Å². The molecule has 0 radical (unpaired) electrons. The van der Waals surface area contributed by atoms with Crippen LogP contribution in [0.3, 0.4) is 0 Å². The van der Waals surface area contributed by atoms with Gasteiger partial charge in [0.25, 0.3) is 0 Å². The van der Waals surface area contributed by atoms with Gasteiger partial charge in [-0.15, -0.1) is 0 Å². The zero-order chi connectivity index (χ0) is 19.7. The second-order valence-electron chi connectivity index (χ2n) is 6.49. The zero-order valence-electron chi connectivity index (χ0n) is 14.1. The van der Waals surface area contributed by atoms with Crippen molar-refractivity contribution in [2.75, 3.05) is 5.32 Å². The van der Waals surface area contributed by atoms with Crippen LogP contribution in [0.2, 0.25) is 19.8 Å². The molecule has 0 aliphatic heterocycles. The van der Waals surface area contributed by atoms with Crippen LogP contribution in [-0.2, 0) is 6.18 Å². The molecular formula is C16H16ClF5N2OSn. The number of anilines is 2. The zero-order valence-corrected chi connectivity index (χ0v) is 17.7. The Bertz CT molecular complexity index is 793. The van der Waals surface area contributed by atoms with E-state index >= 15 is 0 Å². The van der Waals surface area contributed by atoms with E-state index in [4.69, 9.17) is 11.6 Å². The maximum absolute atomic E-state index is 13.0. The van der Waals surface area contributed by atoms with Gasteiger partial charge in [0, 0.05) is 0 Å². The van der Waals surface area contributed by atoms with Crippen molar-refractivity contribution in [1.82, 2.24) is 4.98 Å². The third kappa shape index (κ3) is 5.35. The molecule has 1 N–H and O–H groups in total. The third-order valence-electron chi connectivity index (χ3n) is 3.41. The summed E-state index contributed by atoms with van der Waals surface area (Å²) in [6.45, 7) is -3.00. The van der Waals surface area contributed by atoms with Gasteiger partial charge in [-0.3, -0.25) is 0 Å². The number of rotatable bonds is 5. The fourth-order valence-electron chi connectivity index (χ4n) is 2.22. The topological polar surface area (TPSA) is 34.2 Å². The molecule has 0 saturated carbocycles. The van der Waals surface area contributed by atoms with Crippen molar-refractivity contribution in [3.63, 3.8) is 0 Å². The first-order chi connectivity index (χ1) is 11.9. The van der Waals surface area contributed by atoms with Crippen LogP contribution in [0.15, 0.2) is 30.3 Å². The normalized spacial score (nSPS) is 12.4. The van der Waals surface area contributed by atoms with E-state index in [0.29, 0.717) is 0 Å². The van der Waals surface area contributed by atoms with Crippen molar-refractivity contribution in [1.29, 1.82) is 0 Å². The Kier molecular flexibility index (Phi) is 6.27. The van der Waals surface area contributed by atoms with Crippen LogP contribution in [0.25, 0.3) is 0 Å². The van der Waals surface area contributed by atoms with E-state index in [2.05, 4.69) is 15.0 Å². The second-order valence-corrected chi connectivity index (χ2v) is 21.3. The first kappa shape index (κ1) is 21.0. The molecule has 0 aliphatic carbocycles. The van der Waals surface area contributed by atoms with E-state index in [0.717, 1.165) is 15.7 Å². The Morgan fingerprint density at radius 1 is 1.12 bits per heavy atom. The molecule has 2 aromatic rings. The minimum atomic E-state index is -4.58. The van der Waals surface area contributed by atoms with Crippen LogP contribution in [-0.4, -0.2) is 30.0 Å². The molecule has 1 aromatic heterocycles. The summed E-state index contributed by atoms with van der Waals surface area (Å²) in [5.74, 6) is -0.0738. The number of hydrogen-bond acceptors (Lipinski definition) is 3. The standard InChI is InChI=1S/C13H7ClF5N2O.3CH3.Sn/c14-8-6-7(22-12(15)16)4-5-9(8)20-11-3-1-2-10(21-11)13(17,18)19;;;;/h1-2,4-6,12H,(H,20,21);3*1H3;. The second kappa shape index (κ2) is 7.75. The summed E-state index contributed by atoms with van der Waals surface area (Å²) in [6.07, 6.45) is -4.58. The van der Waals surface area contributed by atoms with E-state index < -0.39 is 36.9 Å². The fraction of sp³-hybridized carbons (Fsp3) is 0.312. The van der Waals surface area contributed by atoms with Gasteiger partial charge in [-0.05, 0) is 0 Å². The molecule has 2 rings (SSSR count). The third-order valence-corrected chi connectivity index (χ3v) is 9.49. The number of nitrogens with one attached hydrogen (secondary N) is 1. The average molecular weight is 501 g/mol. The number of alkyl halides is 5. The molecule has 0 bridgehead atoms. The van der Waals surface area contributed by atoms with Crippen molar-refractivity contribution in [2.45, 2.75) is 27.6 Å². The number of halogens is 6. The van der Waals surface area contributed by atoms with Gasteiger partial charge in [-0.25, -0.2) is 0 Å². The van der Waals surface area contributed by atoms with Crippen molar-refractivity contribution in [2.24, 2.45) is 0 Å². The van der Waals surface area contributed by atoms with Crippen LogP contribution < -0.4 is 13.6 Å². The molecule has 0 aliphatic rings. The number of benzene rings is 1. The Balaban J connectivity index is 2.44. The van der Waals surface area contributed by atoms with E-state index in [1.807, 2.05) is 14.8 Å². The van der Waals surface area contributed by atoms with E-state index in [9.17, 15) is 22.0 Å².